The lowest BCUT2D eigenvalue weighted by molar-refractivity contribution is -0.118. The fraction of sp³-hybridized carbons (Fsp3) is 0.304. The van der Waals surface area contributed by atoms with Gasteiger partial charge in [-0.1, -0.05) is 41.9 Å². The molecule has 0 spiro atoms. The van der Waals surface area contributed by atoms with E-state index < -0.39 is 9.84 Å². The highest BCUT2D eigenvalue weighted by atomic mass is 35.5. The quantitative estimate of drug-likeness (QED) is 0.579. The number of amides is 1. The van der Waals surface area contributed by atoms with Crippen molar-refractivity contribution in [2.45, 2.75) is 26.3 Å². The monoisotopic (exact) mass is 473 g/mol. The van der Waals surface area contributed by atoms with Crippen LogP contribution in [0.5, 0.6) is 5.75 Å². The van der Waals surface area contributed by atoms with Gasteiger partial charge in [-0.25, -0.2) is 13.1 Å². The molecule has 1 atom stereocenters. The molecule has 1 N–H and O–H groups in total. The molecule has 0 radical (unpaired) electrons. The zero-order chi connectivity index (χ0) is 22.9. The summed E-state index contributed by atoms with van der Waals surface area (Å²) < 4.78 is 31.4. The Bertz CT molecular complexity index is 1230. The minimum absolute atomic E-state index is 0.00346. The van der Waals surface area contributed by atoms with Crippen LogP contribution in [-0.4, -0.2) is 42.2 Å². The van der Waals surface area contributed by atoms with Crippen LogP contribution in [0.1, 0.15) is 23.6 Å². The van der Waals surface area contributed by atoms with Crippen molar-refractivity contribution in [1.29, 1.82) is 0 Å². The van der Waals surface area contributed by atoms with E-state index in [1.54, 1.807) is 22.9 Å². The largest absolute Gasteiger partial charge is 0.483 e. The van der Waals surface area contributed by atoms with Gasteiger partial charge in [-0.05, 0) is 43.5 Å². The van der Waals surface area contributed by atoms with Gasteiger partial charge in [0.1, 0.15) is 11.6 Å². The minimum atomic E-state index is -3.12. The first kappa shape index (κ1) is 22.4. The Hall–Kier alpha value is -2.84. The average Bonchev–Trinajstić information content (AvgIpc) is 3.31. The molecule has 168 valence electrons. The van der Waals surface area contributed by atoms with Crippen molar-refractivity contribution in [2.75, 3.05) is 23.4 Å². The topological polar surface area (TPSA) is 90.3 Å². The molecule has 1 aromatic heterocycles. The van der Waals surface area contributed by atoms with E-state index in [-0.39, 0.29) is 30.1 Å². The smallest absolute Gasteiger partial charge is 0.263 e. The highest BCUT2D eigenvalue weighted by Crippen LogP contribution is 2.31. The van der Waals surface area contributed by atoms with Crippen molar-refractivity contribution >= 4 is 33.2 Å². The first-order chi connectivity index (χ1) is 15.2. The maximum absolute atomic E-state index is 12.7. The zero-order valence-corrected chi connectivity index (χ0v) is 19.4. The summed E-state index contributed by atoms with van der Waals surface area (Å²) in [6.45, 7) is 3.68. The van der Waals surface area contributed by atoms with Crippen LogP contribution in [0.15, 0.2) is 48.5 Å². The summed E-state index contributed by atoms with van der Waals surface area (Å²) in [5.41, 5.74) is 3.33. The van der Waals surface area contributed by atoms with Gasteiger partial charge in [-0.15, -0.1) is 0 Å². The van der Waals surface area contributed by atoms with Crippen LogP contribution >= 0.6 is 11.6 Å². The van der Waals surface area contributed by atoms with E-state index in [0.29, 0.717) is 28.7 Å². The Kier molecular flexibility index (Phi) is 6.26. The summed E-state index contributed by atoms with van der Waals surface area (Å²) >= 11 is 5.98. The van der Waals surface area contributed by atoms with Gasteiger partial charge in [0, 0.05) is 16.7 Å². The predicted molar refractivity (Wildman–Crippen MR) is 125 cm³/mol. The molecular formula is C23H24ClN3O4S. The summed E-state index contributed by atoms with van der Waals surface area (Å²) in [7, 11) is -3.12. The number of carbonyl (C=O) groups excluding carboxylic acids is 1. The van der Waals surface area contributed by atoms with Crippen molar-refractivity contribution in [1.82, 2.24) is 9.78 Å². The van der Waals surface area contributed by atoms with Gasteiger partial charge in [0.15, 0.2) is 16.4 Å². The SMILES string of the molecule is Cc1cccc(C)c1OCC(=O)Nc1cc(-c2ccc(Cl)cc2)nn1[C@H]1CCS(=O)(=O)C1. The minimum Gasteiger partial charge on any atom is -0.483 e. The number of benzene rings is 2. The maximum atomic E-state index is 12.7. The van der Waals surface area contributed by atoms with Gasteiger partial charge in [0.2, 0.25) is 0 Å². The number of anilines is 1. The van der Waals surface area contributed by atoms with Crippen LogP contribution in [0.3, 0.4) is 0 Å². The van der Waals surface area contributed by atoms with Crippen molar-refractivity contribution in [3.8, 4) is 17.0 Å². The second kappa shape index (κ2) is 8.96. The van der Waals surface area contributed by atoms with E-state index in [9.17, 15) is 13.2 Å². The Labute approximate surface area is 192 Å². The molecule has 9 heteroatoms. The Morgan fingerprint density at radius 2 is 1.88 bits per heavy atom. The fourth-order valence-corrected chi connectivity index (χ4v) is 5.66. The number of aryl methyl sites for hydroxylation is 2. The number of hydrogen-bond donors (Lipinski definition) is 1. The molecule has 1 saturated heterocycles. The molecule has 7 nitrogen and oxygen atoms in total. The molecule has 32 heavy (non-hydrogen) atoms. The Morgan fingerprint density at radius 3 is 2.50 bits per heavy atom. The second-order valence-corrected chi connectivity index (χ2v) is 10.6. The van der Waals surface area contributed by atoms with E-state index in [1.807, 2.05) is 44.2 Å². The fourth-order valence-electron chi connectivity index (χ4n) is 3.84. The van der Waals surface area contributed by atoms with Crippen LogP contribution < -0.4 is 10.1 Å². The molecule has 2 aromatic carbocycles. The van der Waals surface area contributed by atoms with Gasteiger partial charge in [-0.3, -0.25) is 4.79 Å². The second-order valence-electron chi connectivity index (χ2n) is 7.98. The molecule has 0 saturated carbocycles. The summed E-state index contributed by atoms with van der Waals surface area (Å²) in [6.07, 6.45) is 0.450. The van der Waals surface area contributed by atoms with Crippen molar-refractivity contribution in [2.24, 2.45) is 0 Å². The van der Waals surface area contributed by atoms with Crippen LogP contribution in [0.2, 0.25) is 5.02 Å². The highest BCUT2D eigenvalue weighted by Gasteiger charge is 2.31. The summed E-state index contributed by atoms with van der Waals surface area (Å²) in [6, 6.07) is 14.4. The molecule has 1 fully saturated rings. The third-order valence-corrected chi connectivity index (χ3v) is 7.46. The van der Waals surface area contributed by atoms with Crippen molar-refractivity contribution in [3.05, 3.63) is 64.7 Å². The number of nitrogens with zero attached hydrogens (tertiary/aromatic N) is 2. The molecular weight excluding hydrogens is 450 g/mol. The number of ether oxygens (including phenoxy) is 1. The molecule has 2 heterocycles. The van der Waals surface area contributed by atoms with E-state index in [4.69, 9.17) is 16.3 Å². The number of halogens is 1. The first-order valence-electron chi connectivity index (χ1n) is 10.3. The van der Waals surface area contributed by atoms with Crippen LogP contribution in [0.25, 0.3) is 11.3 Å². The molecule has 1 aliphatic heterocycles. The maximum Gasteiger partial charge on any atom is 0.263 e. The number of sulfone groups is 1. The lowest BCUT2D eigenvalue weighted by Gasteiger charge is -2.15. The van der Waals surface area contributed by atoms with Crippen LogP contribution in [-0.2, 0) is 14.6 Å². The Balaban J connectivity index is 1.57. The van der Waals surface area contributed by atoms with E-state index in [0.717, 1.165) is 16.7 Å². The van der Waals surface area contributed by atoms with Crippen molar-refractivity contribution in [3.63, 3.8) is 0 Å². The third kappa shape index (κ3) is 4.97. The number of carbonyl (C=O) groups is 1. The number of rotatable bonds is 6. The lowest BCUT2D eigenvalue weighted by atomic mass is 10.1. The summed E-state index contributed by atoms with van der Waals surface area (Å²) in [4.78, 5) is 12.7. The van der Waals surface area contributed by atoms with Gasteiger partial charge >= 0.3 is 0 Å². The molecule has 3 aromatic rings. The summed E-state index contributed by atoms with van der Waals surface area (Å²) in [5.74, 6) is 0.872. The zero-order valence-electron chi connectivity index (χ0n) is 17.8. The normalized spacial score (nSPS) is 17.3. The van der Waals surface area contributed by atoms with Crippen molar-refractivity contribution < 1.29 is 17.9 Å². The highest BCUT2D eigenvalue weighted by molar-refractivity contribution is 7.91. The van der Waals surface area contributed by atoms with E-state index in [2.05, 4.69) is 10.4 Å². The Morgan fingerprint density at radius 1 is 1.19 bits per heavy atom. The average molecular weight is 474 g/mol. The predicted octanol–water partition coefficient (Wildman–Crippen LogP) is 4.20. The lowest BCUT2D eigenvalue weighted by Crippen LogP contribution is -2.24. The number of para-hydroxylation sites is 1. The third-order valence-electron chi connectivity index (χ3n) is 5.45. The number of nitrogens with one attached hydrogen (secondary N) is 1. The molecule has 1 amide bonds. The summed E-state index contributed by atoms with van der Waals surface area (Å²) in [5, 5.41) is 8.06. The number of aromatic nitrogens is 2. The molecule has 1 aliphatic rings. The van der Waals surface area contributed by atoms with Gasteiger partial charge in [0.25, 0.3) is 5.91 Å². The van der Waals surface area contributed by atoms with Gasteiger partial charge < -0.3 is 10.1 Å². The molecule has 0 aliphatic carbocycles. The molecule has 0 bridgehead atoms. The standard InChI is InChI=1S/C23H24ClN3O4S/c1-15-4-3-5-16(2)23(15)31-13-22(28)25-21-12-20(17-6-8-18(24)9-7-17)26-27(21)19-10-11-32(29,30)14-19/h3-9,12,19H,10-11,13-14H2,1-2H3,(H,25,28)/t19-/m0/s1. The first-order valence-corrected chi connectivity index (χ1v) is 12.5. The van der Waals surface area contributed by atoms with Crippen LogP contribution in [0.4, 0.5) is 5.82 Å². The molecule has 4 rings (SSSR count). The van der Waals surface area contributed by atoms with Crippen LogP contribution in [0, 0.1) is 13.8 Å². The van der Waals surface area contributed by atoms with E-state index in [1.165, 1.54) is 0 Å². The number of hydrogen-bond acceptors (Lipinski definition) is 5. The van der Waals surface area contributed by atoms with E-state index >= 15 is 0 Å². The van der Waals surface area contributed by atoms with Gasteiger partial charge in [0.05, 0.1) is 23.2 Å². The van der Waals surface area contributed by atoms with Gasteiger partial charge in [-0.2, -0.15) is 5.10 Å². The molecule has 0 unspecified atom stereocenters.